The van der Waals surface area contributed by atoms with Gasteiger partial charge in [-0.05, 0) is 68.1 Å². The molecule has 0 heteroatoms. The van der Waals surface area contributed by atoms with Crippen molar-refractivity contribution in [3.8, 4) is 33.4 Å². The van der Waals surface area contributed by atoms with E-state index in [2.05, 4.69) is 86.6 Å². The van der Waals surface area contributed by atoms with E-state index >= 15 is 0 Å². The molecule has 0 aliphatic heterocycles. The molecule has 0 unspecified atom stereocenters. The average molecular weight is 334 g/mol. The molecule has 0 spiro atoms. The van der Waals surface area contributed by atoms with Crippen LogP contribution in [-0.4, -0.2) is 0 Å². The molecule has 0 amide bonds. The molecule has 1 aliphatic carbocycles. The van der Waals surface area contributed by atoms with Gasteiger partial charge in [0.1, 0.15) is 0 Å². The molecular formula is C26H22. The van der Waals surface area contributed by atoms with E-state index in [1.807, 2.05) is 0 Å². The standard InChI is InChI=1S/C26H22/c1-3-17-9-7-10-18(4-2)25(17)24-16-15-23-20-12-6-5-11-19(20)21-13-8-14-22(24)26(21)23/h5-16H,3-4H2,1-2H3. The van der Waals surface area contributed by atoms with Gasteiger partial charge < -0.3 is 0 Å². The number of benzene rings is 4. The minimum atomic E-state index is 1.06. The summed E-state index contributed by atoms with van der Waals surface area (Å²) in [5.41, 5.74) is 11.2. The van der Waals surface area contributed by atoms with Crippen LogP contribution in [0.5, 0.6) is 0 Å². The summed E-state index contributed by atoms with van der Waals surface area (Å²) >= 11 is 0. The fraction of sp³-hybridized carbons (Fsp3) is 0.154. The van der Waals surface area contributed by atoms with Gasteiger partial charge in [-0.2, -0.15) is 0 Å². The molecule has 0 nitrogen and oxygen atoms in total. The molecule has 0 bridgehead atoms. The zero-order valence-corrected chi connectivity index (χ0v) is 15.3. The first-order chi connectivity index (χ1) is 12.8. The minimum Gasteiger partial charge on any atom is -0.0617 e. The van der Waals surface area contributed by atoms with Crippen molar-refractivity contribution < 1.29 is 0 Å². The molecule has 26 heavy (non-hydrogen) atoms. The summed E-state index contributed by atoms with van der Waals surface area (Å²) in [4.78, 5) is 0. The molecule has 4 aromatic rings. The molecular weight excluding hydrogens is 312 g/mol. The van der Waals surface area contributed by atoms with E-state index in [1.165, 1.54) is 55.3 Å². The van der Waals surface area contributed by atoms with E-state index in [-0.39, 0.29) is 0 Å². The lowest BCUT2D eigenvalue weighted by Gasteiger charge is -2.16. The van der Waals surface area contributed by atoms with Crippen molar-refractivity contribution in [1.82, 2.24) is 0 Å². The van der Waals surface area contributed by atoms with Crippen LogP contribution in [0.1, 0.15) is 25.0 Å². The first-order valence-electron chi connectivity index (χ1n) is 9.60. The Labute approximate surface area is 155 Å². The predicted molar refractivity (Wildman–Crippen MR) is 113 cm³/mol. The number of rotatable bonds is 3. The van der Waals surface area contributed by atoms with E-state index in [0.717, 1.165) is 12.8 Å². The Balaban J connectivity index is 1.89. The van der Waals surface area contributed by atoms with Crippen LogP contribution >= 0.6 is 0 Å². The smallest absolute Gasteiger partial charge is 0.00201 e. The Morgan fingerprint density at radius 3 is 1.69 bits per heavy atom. The monoisotopic (exact) mass is 334 g/mol. The van der Waals surface area contributed by atoms with Gasteiger partial charge in [-0.15, -0.1) is 0 Å². The van der Waals surface area contributed by atoms with E-state index < -0.39 is 0 Å². The summed E-state index contributed by atoms with van der Waals surface area (Å²) in [6.45, 7) is 4.52. The third-order valence-corrected chi connectivity index (χ3v) is 5.82. The molecule has 0 saturated heterocycles. The second kappa shape index (κ2) is 5.85. The average Bonchev–Trinajstić information content (AvgIpc) is 3.04. The van der Waals surface area contributed by atoms with Crippen molar-refractivity contribution in [2.75, 3.05) is 0 Å². The van der Waals surface area contributed by atoms with Gasteiger partial charge in [-0.1, -0.05) is 86.6 Å². The Morgan fingerprint density at radius 2 is 1.04 bits per heavy atom. The molecule has 126 valence electrons. The highest BCUT2D eigenvalue weighted by atomic mass is 14.3. The maximum Gasteiger partial charge on any atom is -0.00201 e. The van der Waals surface area contributed by atoms with Gasteiger partial charge in [0, 0.05) is 0 Å². The van der Waals surface area contributed by atoms with Gasteiger partial charge in [-0.3, -0.25) is 0 Å². The van der Waals surface area contributed by atoms with Crippen molar-refractivity contribution >= 4 is 10.8 Å². The maximum atomic E-state index is 2.34. The first-order valence-corrected chi connectivity index (χ1v) is 9.60. The van der Waals surface area contributed by atoms with Crippen molar-refractivity contribution in [3.63, 3.8) is 0 Å². The van der Waals surface area contributed by atoms with Crippen molar-refractivity contribution in [3.05, 3.63) is 83.9 Å². The molecule has 0 fully saturated rings. The molecule has 0 N–H and O–H groups in total. The molecule has 0 aromatic heterocycles. The Bertz CT molecular complexity index is 1100. The van der Waals surface area contributed by atoms with E-state index in [4.69, 9.17) is 0 Å². The van der Waals surface area contributed by atoms with Crippen LogP contribution in [0.25, 0.3) is 44.2 Å². The lowest BCUT2D eigenvalue weighted by molar-refractivity contribution is 1.09. The largest absolute Gasteiger partial charge is 0.0617 e. The van der Waals surface area contributed by atoms with Gasteiger partial charge in [-0.25, -0.2) is 0 Å². The Kier molecular flexibility index (Phi) is 3.46. The lowest BCUT2D eigenvalue weighted by Crippen LogP contribution is -1.95. The van der Waals surface area contributed by atoms with Crippen LogP contribution in [0.4, 0.5) is 0 Å². The first kappa shape index (κ1) is 15.4. The molecule has 0 heterocycles. The van der Waals surface area contributed by atoms with Crippen LogP contribution in [0.3, 0.4) is 0 Å². The molecule has 0 saturated carbocycles. The number of fused-ring (bicyclic) bond motifs is 3. The molecule has 0 atom stereocenters. The molecule has 1 aliphatic rings. The SMILES string of the molecule is CCc1cccc(CC)c1-c1ccc2c3c(cccc13)-c1ccccc1-2. The van der Waals surface area contributed by atoms with E-state index in [9.17, 15) is 0 Å². The van der Waals surface area contributed by atoms with Crippen molar-refractivity contribution in [2.45, 2.75) is 26.7 Å². The minimum absolute atomic E-state index is 1.06. The molecule has 5 rings (SSSR count). The zero-order chi connectivity index (χ0) is 17.7. The summed E-state index contributed by atoms with van der Waals surface area (Å²) in [6.07, 6.45) is 2.12. The summed E-state index contributed by atoms with van der Waals surface area (Å²) in [5.74, 6) is 0. The van der Waals surface area contributed by atoms with Crippen LogP contribution in [0.2, 0.25) is 0 Å². The third kappa shape index (κ3) is 2.02. The fourth-order valence-corrected chi connectivity index (χ4v) is 4.61. The topological polar surface area (TPSA) is 0 Å². The van der Waals surface area contributed by atoms with Crippen molar-refractivity contribution in [1.29, 1.82) is 0 Å². The summed E-state index contributed by atoms with van der Waals surface area (Å²) in [7, 11) is 0. The quantitative estimate of drug-likeness (QED) is 0.325. The lowest BCUT2D eigenvalue weighted by atomic mass is 9.87. The van der Waals surface area contributed by atoms with Gasteiger partial charge in [0.15, 0.2) is 0 Å². The summed E-state index contributed by atoms with van der Waals surface area (Å²) < 4.78 is 0. The fourth-order valence-electron chi connectivity index (χ4n) is 4.61. The second-order valence-corrected chi connectivity index (χ2v) is 7.09. The van der Waals surface area contributed by atoms with Crippen LogP contribution in [0.15, 0.2) is 72.8 Å². The van der Waals surface area contributed by atoms with Crippen molar-refractivity contribution in [2.24, 2.45) is 0 Å². The number of aryl methyl sites for hydroxylation is 2. The van der Waals surface area contributed by atoms with Gasteiger partial charge >= 0.3 is 0 Å². The maximum absolute atomic E-state index is 2.34. The summed E-state index contributed by atoms with van der Waals surface area (Å²) in [5, 5.41) is 2.80. The third-order valence-electron chi connectivity index (χ3n) is 5.82. The zero-order valence-electron chi connectivity index (χ0n) is 15.3. The van der Waals surface area contributed by atoms with E-state index in [1.54, 1.807) is 0 Å². The van der Waals surface area contributed by atoms with Gasteiger partial charge in [0.2, 0.25) is 0 Å². The van der Waals surface area contributed by atoms with Gasteiger partial charge in [0.25, 0.3) is 0 Å². The highest BCUT2D eigenvalue weighted by Gasteiger charge is 2.23. The predicted octanol–water partition coefficient (Wildman–Crippen LogP) is 7.28. The Hall–Kier alpha value is -2.86. The number of hydrogen-bond donors (Lipinski definition) is 0. The normalized spacial score (nSPS) is 11.8. The highest BCUT2D eigenvalue weighted by Crippen LogP contribution is 2.49. The molecule has 4 aromatic carbocycles. The van der Waals surface area contributed by atoms with Crippen LogP contribution < -0.4 is 0 Å². The van der Waals surface area contributed by atoms with Crippen LogP contribution in [-0.2, 0) is 12.8 Å². The van der Waals surface area contributed by atoms with E-state index in [0.29, 0.717) is 0 Å². The molecule has 0 radical (unpaired) electrons. The second-order valence-electron chi connectivity index (χ2n) is 7.09. The Morgan fingerprint density at radius 1 is 0.500 bits per heavy atom. The van der Waals surface area contributed by atoms with Crippen LogP contribution in [0, 0.1) is 0 Å². The van der Waals surface area contributed by atoms with Gasteiger partial charge in [0.05, 0.1) is 0 Å². The summed E-state index contributed by atoms with van der Waals surface area (Å²) in [6, 6.07) is 27.0. The highest BCUT2D eigenvalue weighted by molar-refractivity contribution is 6.18. The number of hydrogen-bond acceptors (Lipinski definition) is 0.